The van der Waals surface area contributed by atoms with Gasteiger partial charge in [-0.3, -0.25) is 9.78 Å². The lowest BCUT2D eigenvalue weighted by Crippen LogP contribution is -2.02. The molecule has 0 spiro atoms. The number of hydrogen-bond acceptors (Lipinski definition) is 2. The maximum atomic E-state index is 11.5. The van der Waals surface area contributed by atoms with E-state index in [2.05, 4.69) is 9.77 Å². The maximum Gasteiger partial charge on any atom is 0.328 e. The van der Waals surface area contributed by atoms with E-state index in [1.807, 2.05) is 12.1 Å². The van der Waals surface area contributed by atoms with Crippen LogP contribution in [0.4, 0.5) is 0 Å². The number of nitrogens with zero attached hydrogens (tertiary/aromatic N) is 3. The summed E-state index contributed by atoms with van der Waals surface area (Å²) in [6.45, 7) is 0. The summed E-state index contributed by atoms with van der Waals surface area (Å²) in [5.41, 5.74) is 9.35. The van der Waals surface area contributed by atoms with Crippen molar-refractivity contribution in [3.05, 3.63) is 47.6 Å². The molecule has 1 aromatic carbocycles. The molecule has 1 heterocycles. The molecule has 0 N–H and O–H groups in total. The normalized spacial score (nSPS) is 9.60. The predicted octanol–water partition coefficient (Wildman–Crippen LogP) is 1.72. The zero-order valence-electron chi connectivity index (χ0n) is 7.79. The molecule has 2 rings (SSSR count). The lowest BCUT2D eigenvalue weighted by Gasteiger charge is -1.99. The van der Waals surface area contributed by atoms with Gasteiger partial charge in [-0.05, 0) is 12.1 Å². The highest BCUT2D eigenvalue weighted by Crippen LogP contribution is 2.15. The minimum Gasteiger partial charge on any atom is -0.361 e. The van der Waals surface area contributed by atoms with Crippen molar-refractivity contribution in [3.63, 3.8) is 0 Å². The quantitative estimate of drug-likeness (QED) is 0.318. The largest absolute Gasteiger partial charge is 0.361 e. The van der Waals surface area contributed by atoms with Gasteiger partial charge in [-0.15, -0.1) is 0 Å². The molecular formula is C11H7N3O. The molecule has 0 unspecified atom stereocenters. The van der Waals surface area contributed by atoms with Crippen LogP contribution in [0.15, 0.2) is 36.5 Å². The molecule has 0 radical (unpaired) electrons. The van der Waals surface area contributed by atoms with Crippen LogP contribution in [0.1, 0.15) is 10.4 Å². The second kappa shape index (κ2) is 3.82. The summed E-state index contributed by atoms with van der Waals surface area (Å²) in [7, 11) is 0. The average Bonchev–Trinajstić information content (AvgIpc) is 2.28. The fourth-order valence-corrected chi connectivity index (χ4v) is 1.43. The van der Waals surface area contributed by atoms with E-state index in [1.165, 1.54) is 0 Å². The molecule has 0 aliphatic rings. The third kappa shape index (κ3) is 1.66. The molecule has 72 valence electrons. The Morgan fingerprint density at radius 2 is 2.13 bits per heavy atom. The second-order valence-electron chi connectivity index (χ2n) is 2.99. The van der Waals surface area contributed by atoms with E-state index in [9.17, 15) is 4.79 Å². The van der Waals surface area contributed by atoms with Crippen molar-refractivity contribution >= 4 is 22.9 Å². The lowest BCUT2D eigenvalue weighted by atomic mass is 10.1. The Labute approximate surface area is 85.8 Å². The molecule has 0 bridgehead atoms. The van der Waals surface area contributed by atoms with E-state index in [-0.39, 0.29) is 5.78 Å². The molecule has 0 aliphatic heterocycles. The van der Waals surface area contributed by atoms with Crippen LogP contribution in [0.2, 0.25) is 0 Å². The standard InChI is InChI=1S/C11H7N3O/c12-14-7-10(15)9-5-1-3-8-4-2-6-13-11(8)9/h1-7H. The highest BCUT2D eigenvalue weighted by atomic mass is 16.1. The maximum absolute atomic E-state index is 11.5. The molecule has 0 fully saturated rings. The third-order valence-electron chi connectivity index (χ3n) is 2.07. The molecule has 4 nitrogen and oxygen atoms in total. The number of fused-ring (bicyclic) bond motifs is 1. The highest BCUT2D eigenvalue weighted by Gasteiger charge is 2.11. The third-order valence-corrected chi connectivity index (χ3v) is 2.07. The van der Waals surface area contributed by atoms with Gasteiger partial charge in [0.05, 0.1) is 11.1 Å². The van der Waals surface area contributed by atoms with Crippen LogP contribution < -0.4 is 0 Å². The number of para-hydroxylation sites is 1. The smallest absolute Gasteiger partial charge is 0.328 e. The van der Waals surface area contributed by atoms with E-state index in [0.717, 1.165) is 11.6 Å². The Kier molecular flexibility index (Phi) is 2.35. The van der Waals surface area contributed by atoms with Crippen LogP contribution in [0.25, 0.3) is 16.4 Å². The highest BCUT2D eigenvalue weighted by molar-refractivity contribution is 6.36. The molecule has 15 heavy (non-hydrogen) atoms. The van der Waals surface area contributed by atoms with Gasteiger partial charge >= 0.3 is 6.21 Å². The van der Waals surface area contributed by atoms with Gasteiger partial charge in [0, 0.05) is 11.6 Å². The summed E-state index contributed by atoms with van der Waals surface area (Å²) < 4.78 is 0. The summed E-state index contributed by atoms with van der Waals surface area (Å²) in [5, 5.41) is 0.884. The number of aromatic nitrogens is 1. The lowest BCUT2D eigenvalue weighted by molar-refractivity contribution is 0.00236. The van der Waals surface area contributed by atoms with Crippen LogP contribution in [-0.2, 0) is 0 Å². The van der Waals surface area contributed by atoms with Crippen LogP contribution in [0, 0.1) is 0 Å². The zero-order chi connectivity index (χ0) is 10.7. The van der Waals surface area contributed by atoms with Crippen LogP contribution >= 0.6 is 0 Å². The van der Waals surface area contributed by atoms with Crippen LogP contribution in [-0.4, -0.2) is 21.8 Å². The monoisotopic (exact) mass is 197 g/mol. The first-order valence-corrected chi connectivity index (χ1v) is 4.38. The van der Waals surface area contributed by atoms with E-state index in [1.54, 1.807) is 24.4 Å². The van der Waals surface area contributed by atoms with Gasteiger partial charge in [0.1, 0.15) is 0 Å². The van der Waals surface area contributed by atoms with Crippen molar-refractivity contribution < 1.29 is 9.58 Å². The van der Waals surface area contributed by atoms with Gasteiger partial charge in [-0.25, -0.2) is 0 Å². The van der Waals surface area contributed by atoms with Gasteiger partial charge in [0.25, 0.3) is 5.78 Å². The number of carbonyl (C=O) groups excluding carboxylic acids is 1. The minimum absolute atomic E-state index is 0.359. The summed E-state index contributed by atoms with van der Waals surface area (Å²) >= 11 is 0. The number of Topliss-reactive ketones (excluding diaryl/α,β-unsaturated/α-hetero) is 1. The summed E-state index contributed by atoms with van der Waals surface area (Å²) in [4.78, 5) is 18.3. The van der Waals surface area contributed by atoms with Gasteiger partial charge in [-0.1, -0.05) is 18.2 Å². The van der Waals surface area contributed by atoms with Crippen molar-refractivity contribution in [2.75, 3.05) is 0 Å². The first-order valence-electron chi connectivity index (χ1n) is 4.38. The van der Waals surface area contributed by atoms with E-state index in [4.69, 9.17) is 5.53 Å². The SMILES string of the molecule is [N-]=[N+]=CC(=O)c1cccc2cccnc12. The van der Waals surface area contributed by atoms with E-state index in [0.29, 0.717) is 11.1 Å². The number of benzene rings is 1. The molecular weight excluding hydrogens is 190 g/mol. The van der Waals surface area contributed by atoms with Gasteiger partial charge in [0.15, 0.2) is 0 Å². The summed E-state index contributed by atoms with van der Waals surface area (Å²) in [5.74, 6) is -0.359. The Morgan fingerprint density at radius 3 is 2.93 bits per heavy atom. The molecule has 2 aromatic rings. The van der Waals surface area contributed by atoms with Crippen molar-refractivity contribution in [2.24, 2.45) is 0 Å². The number of pyridine rings is 1. The van der Waals surface area contributed by atoms with Crippen molar-refractivity contribution in [1.82, 2.24) is 4.98 Å². The number of hydrogen-bond donors (Lipinski definition) is 0. The average molecular weight is 197 g/mol. The predicted molar refractivity (Wildman–Crippen MR) is 55.8 cm³/mol. The Balaban J connectivity index is 2.71. The molecule has 0 aliphatic carbocycles. The van der Waals surface area contributed by atoms with E-state index >= 15 is 0 Å². The molecule has 0 saturated carbocycles. The Hall–Kier alpha value is -2.32. The fourth-order valence-electron chi connectivity index (χ4n) is 1.43. The first-order chi connectivity index (χ1) is 7.33. The zero-order valence-corrected chi connectivity index (χ0v) is 7.79. The van der Waals surface area contributed by atoms with Crippen molar-refractivity contribution in [2.45, 2.75) is 0 Å². The summed E-state index contributed by atoms with van der Waals surface area (Å²) in [6, 6.07) is 8.96. The fraction of sp³-hybridized carbons (Fsp3) is 0. The molecule has 1 aromatic heterocycles. The number of rotatable bonds is 2. The topological polar surface area (TPSA) is 66.4 Å². The number of ketones is 1. The van der Waals surface area contributed by atoms with Gasteiger partial charge in [-0.2, -0.15) is 4.79 Å². The Bertz CT molecular complexity index is 566. The molecule has 4 heteroatoms. The van der Waals surface area contributed by atoms with E-state index < -0.39 is 0 Å². The van der Waals surface area contributed by atoms with Crippen LogP contribution in [0.3, 0.4) is 0 Å². The number of carbonyl (C=O) groups is 1. The molecule has 0 saturated heterocycles. The first kappa shape index (κ1) is 9.24. The molecule has 0 atom stereocenters. The Morgan fingerprint density at radius 1 is 1.33 bits per heavy atom. The molecule has 0 amide bonds. The van der Waals surface area contributed by atoms with Gasteiger partial charge in [0.2, 0.25) is 0 Å². The van der Waals surface area contributed by atoms with Crippen LogP contribution in [0.5, 0.6) is 0 Å². The minimum atomic E-state index is -0.359. The van der Waals surface area contributed by atoms with Gasteiger partial charge < -0.3 is 5.53 Å². The second-order valence-corrected chi connectivity index (χ2v) is 2.99. The van der Waals surface area contributed by atoms with Crippen molar-refractivity contribution in [1.29, 1.82) is 0 Å². The van der Waals surface area contributed by atoms with Crippen molar-refractivity contribution in [3.8, 4) is 0 Å². The summed E-state index contributed by atoms with van der Waals surface area (Å²) in [6.07, 6.45) is 2.48.